The molecule has 1 aliphatic rings. The Hall–Kier alpha value is -5.47. The van der Waals surface area contributed by atoms with Crippen molar-refractivity contribution in [3.8, 4) is 34.1 Å². The summed E-state index contributed by atoms with van der Waals surface area (Å²) < 4.78 is 33.4. The lowest BCUT2D eigenvalue weighted by Gasteiger charge is -2.24. The minimum absolute atomic E-state index is 0.0232. The van der Waals surface area contributed by atoms with Gasteiger partial charge in [0.05, 0.1) is 24.3 Å². The van der Waals surface area contributed by atoms with E-state index in [0.717, 1.165) is 0 Å². The van der Waals surface area contributed by atoms with Crippen molar-refractivity contribution < 1.29 is 47.9 Å². The highest BCUT2D eigenvalue weighted by molar-refractivity contribution is 6.05. The largest absolute Gasteiger partial charge is 0.507 e. The van der Waals surface area contributed by atoms with Crippen molar-refractivity contribution >= 4 is 32.9 Å². The molecule has 0 aliphatic carbocycles. The third kappa shape index (κ3) is 4.89. The molecule has 1 saturated heterocycles. The predicted molar refractivity (Wildman–Crippen MR) is 157 cm³/mol. The Kier molecular flexibility index (Phi) is 6.67. The third-order valence-corrected chi connectivity index (χ3v) is 7.50. The highest BCUT2D eigenvalue weighted by Gasteiger charge is 2.49. The zero-order valence-corrected chi connectivity index (χ0v) is 23.0. The molecule has 1 aliphatic heterocycles. The SMILES string of the molecule is O=c1ccc2ccc(Oc3cc4ccc(O)c(-c5c(O[C@@H]6OC[C@](O)(CO)[C@H]6O)ccc6ccc(=O)oc56)c4oc3=O)cc2o1. The van der Waals surface area contributed by atoms with E-state index in [9.17, 15) is 34.8 Å². The number of phenolic OH excluding ortho intramolecular Hbond substituents is 1. The molecule has 6 aromatic rings. The number of benzene rings is 3. The van der Waals surface area contributed by atoms with E-state index >= 15 is 0 Å². The Morgan fingerprint density at radius 1 is 0.778 bits per heavy atom. The van der Waals surface area contributed by atoms with Gasteiger partial charge in [-0.15, -0.1) is 0 Å². The van der Waals surface area contributed by atoms with Crippen LogP contribution >= 0.6 is 0 Å². The first-order valence-electron chi connectivity index (χ1n) is 13.5. The monoisotopic (exact) mass is 614 g/mol. The second-order valence-electron chi connectivity index (χ2n) is 10.4. The van der Waals surface area contributed by atoms with Gasteiger partial charge in [0.2, 0.25) is 12.0 Å². The highest BCUT2D eigenvalue weighted by atomic mass is 16.7. The lowest BCUT2D eigenvalue weighted by atomic mass is 9.98. The summed E-state index contributed by atoms with van der Waals surface area (Å²) in [6.45, 7) is -1.24. The number of aromatic hydroxyl groups is 1. The van der Waals surface area contributed by atoms with Crippen molar-refractivity contribution in [1.82, 2.24) is 0 Å². The van der Waals surface area contributed by atoms with Gasteiger partial charge in [0.25, 0.3) is 0 Å². The van der Waals surface area contributed by atoms with E-state index in [1.54, 1.807) is 24.3 Å². The molecule has 0 amide bonds. The number of rotatable bonds is 6. The quantitative estimate of drug-likeness (QED) is 0.200. The lowest BCUT2D eigenvalue weighted by Crippen LogP contribution is -2.48. The molecule has 0 saturated carbocycles. The summed E-state index contributed by atoms with van der Waals surface area (Å²) >= 11 is 0. The van der Waals surface area contributed by atoms with E-state index in [4.69, 9.17) is 27.5 Å². The minimum Gasteiger partial charge on any atom is -0.507 e. The smallest absolute Gasteiger partial charge is 0.379 e. The van der Waals surface area contributed by atoms with E-state index in [1.165, 1.54) is 48.5 Å². The minimum atomic E-state index is -1.99. The van der Waals surface area contributed by atoms with Gasteiger partial charge in [0.1, 0.15) is 40.1 Å². The Morgan fingerprint density at radius 2 is 1.47 bits per heavy atom. The predicted octanol–water partition coefficient (Wildman–Crippen LogP) is 2.99. The molecule has 0 bridgehead atoms. The fourth-order valence-electron chi connectivity index (χ4n) is 5.17. The van der Waals surface area contributed by atoms with E-state index in [1.807, 2.05) is 0 Å². The van der Waals surface area contributed by atoms with E-state index in [2.05, 4.69) is 0 Å². The summed E-state index contributed by atoms with van der Waals surface area (Å²) in [6.07, 6.45) is -3.14. The molecule has 7 rings (SSSR count). The summed E-state index contributed by atoms with van der Waals surface area (Å²) in [5, 5.41) is 43.0. The Bertz CT molecular complexity index is 2300. The van der Waals surface area contributed by atoms with Gasteiger partial charge in [-0.25, -0.2) is 14.4 Å². The average molecular weight is 615 g/mol. The molecular formula is C32H22O13. The number of hydrogen-bond donors (Lipinski definition) is 4. The molecule has 0 spiro atoms. The van der Waals surface area contributed by atoms with Crippen LogP contribution in [0.15, 0.2) is 100 Å². The number of aliphatic hydroxyl groups excluding tert-OH is 2. The van der Waals surface area contributed by atoms with Crippen molar-refractivity contribution in [3.63, 3.8) is 0 Å². The second kappa shape index (κ2) is 10.6. The van der Waals surface area contributed by atoms with Gasteiger partial charge in [-0.05, 0) is 54.6 Å². The van der Waals surface area contributed by atoms with Crippen LogP contribution in [0.3, 0.4) is 0 Å². The number of aliphatic hydroxyl groups is 3. The molecule has 45 heavy (non-hydrogen) atoms. The summed E-state index contributed by atoms with van der Waals surface area (Å²) in [4.78, 5) is 37.2. The third-order valence-electron chi connectivity index (χ3n) is 7.50. The van der Waals surface area contributed by atoms with Crippen molar-refractivity contribution in [3.05, 3.63) is 104 Å². The van der Waals surface area contributed by atoms with Gasteiger partial charge in [0, 0.05) is 34.4 Å². The molecule has 228 valence electrons. The van der Waals surface area contributed by atoms with Crippen molar-refractivity contribution in [1.29, 1.82) is 0 Å². The maximum atomic E-state index is 13.2. The van der Waals surface area contributed by atoms with Gasteiger partial charge in [-0.2, -0.15) is 0 Å². The van der Waals surface area contributed by atoms with Gasteiger partial charge in [0.15, 0.2) is 5.58 Å². The summed E-state index contributed by atoms with van der Waals surface area (Å²) in [6, 6.07) is 17.4. The maximum Gasteiger partial charge on any atom is 0.379 e. The summed E-state index contributed by atoms with van der Waals surface area (Å²) in [5.74, 6) is -0.491. The lowest BCUT2D eigenvalue weighted by molar-refractivity contribution is -0.115. The first-order valence-corrected chi connectivity index (χ1v) is 13.5. The maximum absolute atomic E-state index is 13.2. The molecular weight excluding hydrogens is 592 g/mol. The fourth-order valence-corrected chi connectivity index (χ4v) is 5.17. The number of phenols is 1. The molecule has 13 nitrogen and oxygen atoms in total. The first-order chi connectivity index (χ1) is 21.6. The van der Waals surface area contributed by atoms with E-state index < -0.39 is 48.1 Å². The van der Waals surface area contributed by atoms with Crippen LogP contribution in [0.2, 0.25) is 0 Å². The second-order valence-corrected chi connectivity index (χ2v) is 10.4. The fraction of sp³-hybridized carbons (Fsp3) is 0.156. The Balaban J connectivity index is 1.37. The van der Waals surface area contributed by atoms with E-state index in [-0.39, 0.29) is 56.3 Å². The van der Waals surface area contributed by atoms with Gasteiger partial charge < -0.3 is 47.9 Å². The van der Waals surface area contributed by atoms with Crippen LogP contribution in [-0.2, 0) is 4.74 Å². The number of ether oxygens (including phenoxy) is 3. The Labute approximate surface area is 250 Å². The molecule has 3 aromatic carbocycles. The van der Waals surface area contributed by atoms with Crippen LogP contribution in [0.4, 0.5) is 0 Å². The van der Waals surface area contributed by atoms with Crippen molar-refractivity contribution in [2.45, 2.75) is 18.0 Å². The standard InChI is InChI=1S/C32H22O13/c33-13-32(39)14-40-31(29(32)37)43-20-8-3-16-5-10-24(36)44-27(16)26(20)25-19(34)7-2-17-11-22(30(38)45-28(17)25)41-18-6-1-15-4-9-23(35)42-21(15)12-18/h1-12,29,31,33-34,37,39H,13-14H2/t29-,31-,32+/m0/s1. The number of hydrogen-bond acceptors (Lipinski definition) is 13. The van der Waals surface area contributed by atoms with Crippen molar-refractivity contribution in [2.24, 2.45) is 0 Å². The zero-order valence-electron chi connectivity index (χ0n) is 23.0. The number of fused-ring (bicyclic) bond motifs is 3. The van der Waals surface area contributed by atoms with Gasteiger partial charge in [-0.1, -0.05) is 0 Å². The molecule has 3 atom stereocenters. The van der Waals surface area contributed by atoms with Gasteiger partial charge >= 0.3 is 16.9 Å². The molecule has 3 aromatic heterocycles. The summed E-state index contributed by atoms with van der Waals surface area (Å²) in [7, 11) is 0. The van der Waals surface area contributed by atoms with E-state index in [0.29, 0.717) is 10.8 Å². The average Bonchev–Trinajstić information content (AvgIpc) is 3.31. The molecule has 0 radical (unpaired) electrons. The highest BCUT2D eigenvalue weighted by Crippen LogP contribution is 2.46. The normalized spacial score (nSPS) is 19.8. The van der Waals surface area contributed by atoms with Crippen LogP contribution < -0.4 is 26.4 Å². The molecule has 0 unspecified atom stereocenters. The first kappa shape index (κ1) is 28.3. The topological polar surface area (TPSA) is 199 Å². The Morgan fingerprint density at radius 3 is 2.24 bits per heavy atom. The summed E-state index contributed by atoms with van der Waals surface area (Å²) in [5.41, 5.74) is -4.25. The molecule has 1 fully saturated rings. The van der Waals surface area contributed by atoms with Crippen LogP contribution in [0.1, 0.15) is 0 Å². The zero-order chi connectivity index (χ0) is 31.5. The molecule has 4 N–H and O–H groups in total. The van der Waals surface area contributed by atoms with Crippen LogP contribution in [0.25, 0.3) is 44.0 Å². The van der Waals surface area contributed by atoms with Crippen molar-refractivity contribution in [2.75, 3.05) is 13.2 Å². The van der Waals surface area contributed by atoms with Crippen LogP contribution in [0.5, 0.6) is 23.0 Å². The molecule has 13 heteroatoms. The molecule has 4 heterocycles. The van der Waals surface area contributed by atoms with Crippen LogP contribution in [-0.4, -0.2) is 51.6 Å². The van der Waals surface area contributed by atoms with Crippen LogP contribution in [0, 0.1) is 0 Å². The van der Waals surface area contributed by atoms with Gasteiger partial charge in [-0.3, -0.25) is 0 Å².